The van der Waals surface area contributed by atoms with E-state index in [9.17, 15) is 9.90 Å². The van der Waals surface area contributed by atoms with Gasteiger partial charge in [-0.2, -0.15) is 0 Å². The highest BCUT2D eigenvalue weighted by molar-refractivity contribution is 5.77. The van der Waals surface area contributed by atoms with Crippen molar-refractivity contribution in [2.45, 2.75) is 58.8 Å². The molecule has 1 aliphatic rings. The molecule has 6 nitrogen and oxygen atoms in total. The molecule has 2 aromatic carbocycles. The van der Waals surface area contributed by atoms with Crippen LogP contribution in [0.1, 0.15) is 57.6 Å². The van der Waals surface area contributed by atoms with Gasteiger partial charge in [0.25, 0.3) is 0 Å². The predicted octanol–water partition coefficient (Wildman–Crippen LogP) is 4.75. The molecule has 1 saturated heterocycles. The van der Waals surface area contributed by atoms with Crippen molar-refractivity contribution in [3.05, 3.63) is 59.7 Å². The second-order valence-electron chi connectivity index (χ2n) is 9.56. The highest BCUT2D eigenvalue weighted by Gasteiger charge is 2.44. The summed E-state index contributed by atoms with van der Waals surface area (Å²) >= 11 is 0. The summed E-state index contributed by atoms with van der Waals surface area (Å²) in [6.45, 7) is 9.56. The lowest BCUT2D eigenvalue weighted by atomic mass is 9.74. The topological polar surface area (TPSA) is 68.2 Å². The van der Waals surface area contributed by atoms with Gasteiger partial charge in [-0.3, -0.25) is 4.79 Å². The molecule has 0 saturated carbocycles. The first kappa shape index (κ1) is 25.1. The van der Waals surface area contributed by atoms with Crippen molar-refractivity contribution in [2.24, 2.45) is 5.41 Å². The monoisotopic (exact) mass is 455 g/mol. The van der Waals surface area contributed by atoms with E-state index in [0.29, 0.717) is 31.2 Å². The SMILES string of the molecule is CC[C@]1(C)CN(C(=O)CCOC(C)(C)O)C[C@H]1c1ccc(OC)c(OCc2ccccc2)c1. The largest absolute Gasteiger partial charge is 0.493 e. The van der Waals surface area contributed by atoms with Gasteiger partial charge in [0.1, 0.15) is 6.61 Å². The van der Waals surface area contributed by atoms with Crippen LogP contribution in [0.5, 0.6) is 11.5 Å². The number of aliphatic hydroxyl groups is 1. The zero-order valence-corrected chi connectivity index (χ0v) is 20.5. The van der Waals surface area contributed by atoms with Crippen LogP contribution >= 0.6 is 0 Å². The molecule has 3 rings (SSSR count). The number of hydrogen-bond donors (Lipinski definition) is 1. The van der Waals surface area contributed by atoms with Gasteiger partial charge in [-0.05, 0) is 48.9 Å². The van der Waals surface area contributed by atoms with Crippen molar-refractivity contribution in [1.29, 1.82) is 0 Å². The van der Waals surface area contributed by atoms with Crippen molar-refractivity contribution >= 4 is 5.91 Å². The Morgan fingerprint density at radius 2 is 1.91 bits per heavy atom. The number of nitrogens with zero attached hydrogens (tertiary/aromatic N) is 1. The lowest BCUT2D eigenvalue weighted by Crippen LogP contribution is -2.33. The number of hydrogen-bond acceptors (Lipinski definition) is 5. The van der Waals surface area contributed by atoms with Crippen LogP contribution in [0, 0.1) is 5.41 Å². The van der Waals surface area contributed by atoms with Crippen LogP contribution < -0.4 is 9.47 Å². The molecule has 33 heavy (non-hydrogen) atoms. The van der Waals surface area contributed by atoms with Crippen LogP contribution in [0.25, 0.3) is 0 Å². The fourth-order valence-corrected chi connectivity index (χ4v) is 4.41. The van der Waals surface area contributed by atoms with Gasteiger partial charge in [0.2, 0.25) is 5.91 Å². The normalized spacial score (nSPS) is 20.7. The van der Waals surface area contributed by atoms with Crippen LogP contribution in [0.4, 0.5) is 0 Å². The molecular formula is C27H37NO5. The zero-order chi connectivity index (χ0) is 24.1. The van der Waals surface area contributed by atoms with E-state index in [1.165, 1.54) is 0 Å². The first-order chi connectivity index (χ1) is 15.6. The lowest BCUT2D eigenvalue weighted by Gasteiger charge is -2.29. The second-order valence-corrected chi connectivity index (χ2v) is 9.56. The van der Waals surface area contributed by atoms with Gasteiger partial charge in [0.15, 0.2) is 17.3 Å². The minimum absolute atomic E-state index is 0.0436. The summed E-state index contributed by atoms with van der Waals surface area (Å²) in [4.78, 5) is 14.8. The summed E-state index contributed by atoms with van der Waals surface area (Å²) in [5, 5.41) is 9.72. The van der Waals surface area contributed by atoms with E-state index >= 15 is 0 Å². The highest BCUT2D eigenvalue weighted by atomic mass is 16.6. The van der Waals surface area contributed by atoms with Crippen LogP contribution in [-0.2, 0) is 16.1 Å². The van der Waals surface area contributed by atoms with E-state index in [1.54, 1.807) is 21.0 Å². The number of carbonyl (C=O) groups is 1. The fraction of sp³-hybridized carbons (Fsp3) is 0.519. The van der Waals surface area contributed by atoms with E-state index in [1.807, 2.05) is 41.3 Å². The zero-order valence-electron chi connectivity index (χ0n) is 20.5. The van der Waals surface area contributed by atoms with E-state index in [2.05, 4.69) is 26.0 Å². The molecule has 2 atom stereocenters. The summed E-state index contributed by atoms with van der Waals surface area (Å²) < 4.78 is 17.0. The number of amides is 1. The molecule has 2 aromatic rings. The number of ether oxygens (including phenoxy) is 3. The number of rotatable bonds is 10. The average molecular weight is 456 g/mol. The molecule has 1 N–H and O–H groups in total. The summed E-state index contributed by atoms with van der Waals surface area (Å²) in [6, 6.07) is 16.1. The Labute approximate surface area is 197 Å². The Hall–Kier alpha value is -2.57. The van der Waals surface area contributed by atoms with Crippen LogP contribution in [0.15, 0.2) is 48.5 Å². The van der Waals surface area contributed by atoms with Gasteiger partial charge in [-0.1, -0.05) is 50.2 Å². The minimum atomic E-state index is -1.23. The Bertz CT molecular complexity index is 924. The van der Waals surface area contributed by atoms with Gasteiger partial charge in [-0.15, -0.1) is 0 Å². The highest BCUT2D eigenvalue weighted by Crippen LogP contribution is 2.46. The molecule has 0 spiro atoms. The van der Waals surface area contributed by atoms with Crippen LogP contribution in [-0.4, -0.2) is 48.5 Å². The molecule has 0 radical (unpaired) electrons. The molecule has 0 aliphatic carbocycles. The van der Waals surface area contributed by atoms with E-state index in [4.69, 9.17) is 14.2 Å². The van der Waals surface area contributed by atoms with Crippen molar-refractivity contribution in [2.75, 3.05) is 26.8 Å². The molecule has 1 amide bonds. The molecule has 1 fully saturated rings. The number of likely N-dealkylation sites (tertiary alicyclic amines) is 1. The summed E-state index contributed by atoms with van der Waals surface area (Å²) in [6.07, 6.45) is 1.21. The maximum absolute atomic E-state index is 12.9. The van der Waals surface area contributed by atoms with Crippen LogP contribution in [0.2, 0.25) is 0 Å². The minimum Gasteiger partial charge on any atom is -0.493 e. The molecule has 1 aliphatic heterocycles. The summed E-state index contributed by atoms with van der Waals surface area (Å²) in [5.74, 6) is 0.413. The van der Waals surface area contributed by atoms with Crippen molar-refractivity contribution in [3.63, 3.8) is 0 Å². The first-order valence-corrected chi connectivity index (χ1v) is 11.6. The third kappa shape index (κ3) is 6.49. The first-order valence-electron chi connectivity index (χ1n) is 11.6. The summed E-state index contributed by atoms with van der Waals surface area (Å²) in [7, 11) is 1.65. The fourth-order valence-electron chi connectivity index (χ4n) is 4.41. The number of methoxy groups -OCH3 is 1. The Balaban J connectivity index is 1.75. The molecule has 0 unspecified atom stereocenters. The summed E-state index contributed by atoms with van der Waals surface area (Å²) in [5.41, 5.74) is 2.19. The quantitative estimate of drug-likeness (QED) is 0.524. The molecule has 1 heterocycles. The molecule has 180 valence electrons. The van der Waals surface area contributed by atoms with E-state index < -0.39 is 5.79 Å². The number of benzene rings is 2. The number of carbonyl (C=O) groups excluding carboxylic acids is 1. The standard InChI is InChI=1S/C27H37NO5/c1-6-27(4)19-28(25(29)14-15-33-26(2,3)30)17-22(27)21-12-13-23(31-5)24(16-21)32-18-20-10-8-7-9-11-20/h7-13,16,22,30H,6,14-15,17-19H2,1-5H3/t22-,27+/m0/s1. The molecular weight excluding hydrogens is 418 g/mol. The van der Waals surface area contributed by atoms with Crippen molar-refractivity contribution in [3.8, 4) is 11.5 Å². The predicted molar refractivity (Wildman–Crippen MR) is 128 cm³/mol. The third-order valence-corrected chi connectivity index (χ3v) is 6.56. The van der Waals surface area contributed by atoms with Gasteiger partial charge < -0.3 is 24.2 Å². The van der Waals surface area contributed by atoms with Crippen LogP contribution in [0.3, 0.4) is 0 Å². The van der Waals surface area contributed by atoms with E-state index in [0.717, 1.165) is 17.5 Å². The smallest absolute Gasteiger partial charge is 0.224 e. The lowest BCUT2D eigenvalue weighted by molar-refractivity contribution is -0.178. The van der Waals surface area contributed by atoms with Gasteiger partial charge >= 0.3 is 0 Å². The Morgan fingerprint density at radius 1 is 1.18 bits per heavy atom. The molecule has 0 aromatic heterocycles. The van der Waals surface area contributed by atoms with Crippen molar-refractivity contribution < 1.29 is 24.1 Å². The molecule has 0 bridgehead atoms. The Morgan fingerprint density at radius 3 is 2.55 bits per heavy atom. The van der Waals surface area contributed by atoms with Crippen molar-refractivity contribution in [1.82, 2.24) is 4.90 Å². The maximum atomic E-state index is 12.9. The molecule has 6 heteroatoms. The Kier molecular flexibility index (Phi) is 8.03. The average Bonchev–Trinajstić information content (AvgIpc) is 3.15. The van der Waals surface area contributed by atoms with E-state index in [-0.39, 0.29) is 30.3 Å². The maximum Gasteiger partial charge on any atom is 0.224 e. The van der Waals surface area contributed by atoms with Gasteiger partial charge in [0.05, 0.1) is 20.1 Å². The van der Waals surface area contributed by atoms with Gasteiger partial charge in [-0.25, -0.2) is 0 Å². The third-order valence-electron chi connectivity index (χ3n) is 6.56. The van der Waals surface area contributed by atoms with Gasteiger partial charge in [0, 0.05) is 19.0 Å². The second kappa shape index (κ2) is 10.6.